The number of amides is 2. The number of hydrogen-bond acceptors (Lipinski definition) is 3. The maximum absolute atomic E-state index is 13.4. The molecular formula is C25H30N2O2S. The summed E-state index contributed by atoms with van der Waals surface area (Å²) in [7, 11) is 0. The summed E-state index contributed by atoms with van der Waals surface area (Å²) < 4.78 is 0. The predicted octanol–water partition coefficient (Wildman–Crippen LogP) is 4.77. The Morgan fingerprint density at radius 1 is 1.10 bits per heavy atom. The summed E-state index contributed by atoms with van der Waals surface area (Å²) in [6, 6.07) is 12.9. The highest BCUT2D eigenvalue weighted by Crippen LogP contribution is 2.28. The molecule has 0 saturated heterocycles. The Morgan fingerprint density at radius 2 is 1.83 bits per heavy atom. The van der Waals surface area contributed by atoms with Crippen LogP contribution in [0.2, 0.25) is 0 Å². The minimum absolute atomic E-state index is 0.0974. The summed E-state index contributed by atoms with van der Waals surface area (Å²) in [6.07, 6.45) is 5.54. The summed E-state index contributed by atoms with van der Waals surface area (Å²) in [5.74, 6) is 5.52. The molecular weight excluding hydrogens is 392 g/mol. The van der Waals surface area contributed by atoms with Crippen molar-refractivity contribution >= 4 is 23.2 Å². The van der Waals surface area contributed by atoms with Crippen molar-refractivity contribution < 1.29 is 9.59 Å². The van der Waals surface area contributed by atoms with Gasteiger partial charge in [-0.2, -0.15) is 0 Å². The number of thiophene rings is 1. The monoisotopic (exact) mass is 422 g/mol. The second kappa shape index (κ2) is 11.0. The van der Waals surface area contributed by atoms with Crippen LogP contribution in [-0.2, 0) is 9.59 Å². The largest absolute Gasteiger partial charge is 0.351 e. The molecule has 1 aromatic heterocycles. The zero-order valence-corrected chi connectivity index (χ0v) is 18.6. The normalized spacial score (nSPS) is 15.2. The number of nitrogens with one attached hydrogen (secondary N) is 1. The van der Waals surface area contributed by atoms with Crippen molar-refractivity contribution in [3.63, 3.8) is 0 Å². The summed E-state index contributed by atoms with van der Waals surface area (Å²) in [4.78, 5) is 29.0. The van der Waals surface area contributed by atoms with E-state index < -0.39 is 6.04 Å². The fourth-order valence-electron chi connectivity index (χ4n) is 3.82. The van der Waals surface area contributed by atoms with Gasteiger partial charge in [-0.3, -0.25) is 9.59 Å². The third kappa shape index (κ3) is 6.21. The maximum atomic E-state index is 13.4. The molecule has 30 heavy (non-hydrogen) atoms. The Kier molecular flexibility index (Phi) is 8.10. The molecule has 1 aliphatic carbocycles. The van der Waals surface area contributed by atoms with Crippen LogP contribution in [0, 0.1) is 17.8 Å². The lowest BCUT2D eigenvalue weighted by molar-refractivity contribution is -0.137. The van der Waals surface area contributed by atoms with Crippen molar-refractivity contribution in [1.82, 2.24) is 10.2 Å². The van der Waals surface area contributed by atoms with E-state index >= 15 is 0 Å². The highest BCUT2D eigenvalue weighted by atomic mass is 32.1. The van der Waals surface area contributed by atoms with Crippen LogP contribution in [0.1, 0.15) is 62.4 Å². The van der Waals surface area contributed by atoms with Crippen molar-refractivity contribution in [2.24, 2.45) is 5.92 Å². The van der Waals surface area contributed by atoms with E-state index in [1.165, 1.54) is 17.8 Å². The third-order valence-electron chi connectivity index (χ3n) is 5.23. The Morgan fingerprint density at radius 3 is 2.47 bits per heavy atom. The van der Waals surface area contributed by atoms with Crippen LogP contribution >= 0.6 is 11.3 Å². The number of carbonyl (C=O) groups is 2. The first-order valence-electron chi connectivity index (χ1n) is 10.8. The summed E-state index contributed by atoms with van der Waals surface area (Å²) in [5, 5.41) is 5.16. The van der Waals surface area contributed by atoms with Crippen molar-refractivity contribution in [3.8, 4) is 11.8 Å². The number of rotatable bonds is 6. The quantitative estimate of drug-likeness (QED) is 0.682. The van der Waals surface area contributed by atoms with Gasteiger partial charge in [-0.15, -0.1) is 11.3 Å². The second-order valence-corrected chi connectivity index (χ2v) is 9.21. The molecule has 1 atom stereocenters. The highest BCUT2D eigenvalue weighted by molar-refractivity contribution is 7.10. The predicted molar refractivity (Wildman–Crippen MR) is 122 cm³/mol. The molecule has 0 aliphatic heterocycles. The third-order valence-corrected chi connectivity index (χ3v) is 6.16. The van der Waals surface area contributed by atoms with Crippen LogP contribution in [0.3, 0.4) is 0 Å². The topological polar surface area (TPSA) is 49.4 Å². The maximum Gasteiger partial charge on any atom is 0.299 e. The smallest absolute Gasteiger partial charge is 0.299 e. The van der Waals surface area contributed by atoms with E-state index in [1.807, 2.05) is 47.8 Å². The average Bonchev–Trinajstić information content (AvgIpc) is 3.27. The van der Waals surface area contributed by atoms with Crippen LogP contribution in [0.15, 0.2) is 47.8 Å². The van der Waals surface area contributed by atoms with Crippen molar-refractivity contribution in [2.45, 2.75) is 58.0 Å². The van der Waals surface area contributed by atoms with Crippen LogP contribution < -0.4 is 5.32 Å². The molecule has 0 spiro atoms. The van der Waals surface area contributed by atoms with Gasteiger partial charge < -0.3 is 10.2 Å². The van der Waals surface area contributed by atoms with E-state index in [-0.39, 0.29) is 23.8 Å². The SMILES string of the molecule is CC(C)CN(C(=O)C#Cc1ccccc1)C(C(=O)NC1CCCCC1)c1cccs1. The van der Waals surface area contributed by atoms with E-state index in [0.717, 1.165) is 36.1 Å². The molecule has 2 aromatic rings. The van der Waals surface area contributed by atoms with Gasteiger partial charge in [-0.25, -0.2) is 0 Å². The molecule has 0 radical (unpaired) electrons. The molecule has 1 saturated carbocycles. The molecule has 1 fully saturated rings. The first-order valence-corrected chi connectivity index (χ1v) is 11.6. The fraction of sp³-hybridized carbons (Fsp3) is 0.440. The summed E-state index contributed by atoms with van der Waals surface area (Å²) in [6.45, 7) is 4.58. The van der Waals surface area contributed by atoms with Crippen molar-refractivity contribution in [1.29, 1.82) is 0 Å². The number of carbonyl (C=O) groups excluding carboxylic acids is 2. The molecule has 5 heteroatoms. The highest BCUT2D eigenvalue weighted by Gasteiger charge is 2.33. The molecule has 1 N–H and O–H groups in total. The summed E-state index contributed by atoms with van der Waals surface area (Å²) >= 11 is 1.51. The van der Waals surface area contributed by atoms with Crippen LogP contribution in [0.4, 0.5) is 0 Å². The van der Waals surface area contributed by atoms with Gasteiger partial charge in [0.25, 0.3) is 5.91 Å². The van der Waals surface area contributed by atoms with Gasteiger partial charge in [-0.05, 0) is 42.3 Å². The van der Waals surface area contributed by atoms with E-state index in [4.69, 9.17) is 0 Å². The van der Waals surface area contributed by atoms with Crippen LogP contribution in [0.5, 0.6) is 0 Å². The van der Waals surface area contributed by atoms with Gasteiger partial charge in [0.05, 0.1) is 0 Å². The minimum Gasteiger partial charge on any atom is -0.351 e. The van der Waals surface area contributed by atoms with Gasteiger partial charge in [-0.1, -0.05) is 63.3 Å². The molecule has 1 unspecified atom stereocenters. The number of nitrogens with zero attached hydrogens (tertiary/aromatic N) is 1. The van der Waals surface area contributed by atoms with E-state index in [9.17, 15) is 9.59 Å². The lowest BCUT2D eigenvalue weighted by Crippen LogP contribution is -2.47. The molecule has 0 bridgehead atoms. The lowest BCUT2D eigenvalue weighted by atomic mass is 9.95. The Bertz CT molecular complexity index is 875. The Hall–Kier alpha value is -2.58. The van der Waals surface area contributed by atoms with Crippen LogP contribution in [-0.4, -0.2) is 29.3 Å². The van der Waals surface area contributed by atoms with Crippen molar-refractivity contribution in [2.75, 3.05) is 6.54 Å². The average molecular weight is 423 g/mol. The van der Waals surface area contributed by atoms with Gasteiger partial charge in [0.2, 0.25) is 5.91 Å². The molecule has 3 rings (SSSR count). The first-order chi connectivity index (χ1) is 14.5. The van der Waals surface area contributed by atoms with Crippen LogP contribution in [0.25, 0.3) is 0 Å². The molecule has 1 aromatic carbocycles. The molecule has 1 aliphatic rings. The number of benzene rings is 1. The minimum atomic E-state index is -0.646. The van der Waals surface area contributed by atoms with Gasteiger partial charge in [0.15, 0.2) is 0 Å². The number of hydrogen-bond donors (Lipinski definition) is 1. The van der Waals surface area contributed by atoms with Gasteiger partial charge in [0, 0.05) is 28.9 Å². The van der Waals surface area contributed by atoms with E-state index in [2.05, 4.69) is 31.0 Å². The summed E-state index contributed by atoms with van der Waals surface area (Å²) in [5.41, 5.74) is 0.787. The van der Waals surface area contributed by atoms with Gasteiger partial charge in [0.1, 0.15) is 6.04 Å². The molecule has 158 valence electrons. The zero-order chi connectivity index (χ0) is 21.3. The first kappa shape index (κ1) is 22.1. The molecule has 1 heterocycles. The Balaban J connectivity index is 1.86. The Labute approximate surface area is 183 Å². The standard InChI is InChI=1S/C25H30N2O2S/c1-19(2)18-27(23(28)16-15-20-10-5-3-6-11-20)24(22-14-9-17-30-22)25(29)26-21-12-7-4-8-13-21/h3,5-6,9-11,14,17,19,21,24H,4,7-8,12-13,18H2,1-2H3,(H,26,29). The zero-order valence-electron chi connectivity index (χ0n) is 17.8. The molecule has 2 amide bonds. The molecule has 4 nitrogen and oxygen atoms in total. The van der Waals surface area contributed by atoms with E-state index in [0.29, 0.717) is 6.54 Å². The van der Waals surface area contributed by atoms with E-state index in [1.54, 1.807) is 4.90 Å². The fourth-order valence-corrected chi connectivity index (χ4v) is 4.65. The lowest BCUT2D eigenvalue weighted by Gasteiger charge is -2.32. The second-order valence-electron chi connectivity index (χ2n) is 8.23. The van der Waals surface area contributed by atoms with Gasteiger partial charge >= 0.3 is 0 Å². The van der Waals surface area contributed by atoms with Crippen molar-refractivity contribution in [3.05, 3.63) is 58.3 Å².